The second-order valence-corrected chi connectivity index (χ2v) is 13.0. The number of rotatable bonds is 9. The number of pyridine rings is 1. The number of aromatic nitrogens is 2. The maximum atomic E-state index is 13.0. The Morgan fingerprint density at radius 1 is 1.14 bits per heavy atom. The summed E-state index contributed by atoms with van der Waals surface area (Å²) in [6.07, 6.45) is -2.13. The monoisotopic (exact) mass is 666 g/mol. The number of halogens is 4. The Morgan fingerprint density at radius 2 is 1.86 bits per heavy atom. The summed E-state index contributed by atoms with van der Waals surface area (Å²) in [6, 6.07) is 6.17. The molecular weight excluding hydrogens is 629 g/mol. The number of ether oxygens (including phenoxy) is 3. The first kappa shape index (κ1) is 31.6. The van der Waals surface area contributed by atoms with Crippen LogP contribution in [0, 0.1) is 5.41 Å². The van der Waals surface area contributed by atoms with Gasteiger partial charge in [0, 0.05) is 61.0 Å². The number of benzene rings is 1. The lowest BCUT2D eigenvalue weighted by atomic mass is 9.84. The number of carbonyl (C=O) groups is 1. The van der Waals surface area contributed by atoms with E-state index in [2.05, 4.69) is 51.4 Å². The molecule has 3 aromatic rings. The van der Waals surface area contributed by atoms with Crippen LogP contribution >= 0.6 is 15.9 Å². The standard InChI is InChI=1S/C31H38BrF3N4O4/c1-19(41-5)27-24(14-22(16-36-27)38-8-6-37(7-9-38)17-31(33,34)35)28-25(15-30(3,4)18-43-20(2)40)23-12-21(32)13-26-29(23)39(28)10-11-42-26/h12-14,16,19H,6-11,15,17-18H2,1-5H3/t19-/m0/s1. The molecule has 0 radical (unpaired) electrons. The van der Waals surface area contributed by atoms with Crippen molar-refractivity contribution in [1.82, 2.24) is 14.5 Å². The number of hydrogen-bond acceptors (Lipinski definition) is 7. The zero-order chi connectivity index (χ0) is 31.1. The van der Waals surface area contributed by atoms with E-state index in [-0.39, 0.29) is 24.1 Å². The van der Waals surface area contributed by atoms with E-state index in [0.717, 1.165) is 49.3 Å². The summed E-state index contributed by atoms with van der Waals surface area (Å²) in [5.41, 5.74) is 5.21. The summed E-state index contributed by atoms with van der Waals surface area (Å²) in [6.45, 7) is 9.56. The molecule has 4 heterocycles. The zero-order valence-electron chi connectivity index (χ0n) is 25.2. The van der Waals surface area contributed by atoms with Crippen LogP contribution in [-0.2, 0) is 27.2 Å². The van der Waals surface area contributed by atoms with Crippen molar-refractivity contribution in [1.29, 1.82) is 0 Å². The van der Waals surface area contributed by atoms with E-state index in [0.29, 0.717) is 45.8 Å². The summed E-state index contributed by atoms with van der Waals surface area (Å²) < 4.78 is 59.5. The van der Waals surface area contributed by atoms with Crippen molar-refractivity contribution in [2.24, 2.45) is 5.41 Å². The second kappa shape index (κ2) is 12.3. The molecule has 2 aliphatic heterocycles. The lowest BCUT2D eigenvalue weighted by molar-refractivity contribution is -0.146. The summed E-state index contributed by atoms with van der Waals surface area (Å²) in [5, 5.41) is 1.04. The van der Waals surface area contributed by atoms with Crippen LogP contribution in [0.2, 0.25) is 0 Å². The van der Waals surface area contributed by atoms with Gasteiger partial charge in [0.2, 0.25) is 0 Å². The normalized spacial score (nSPS) is 16.8. The Balaban J connectivity index is 1.64. The fourth-order valence-corrected chi connectivity index (χ4v) is 6.50. The third-order valence-electron chi connectivity index (χ3n) is 8.12. The average molecular weight is 668 g/mol. The SMILES string of the molecule is CO[C@@H](C)c1ncc(N2CCN(CC(F)(F)F)CC2)cc1-c1c(CC(C)(C)COC(C)=O)c2cc(Br)cc3c2n1CCO3. The van der Waals surface area contributed by atoms with Gasteiger partial charge in [-0.15, -0.1) is 0 Å². The predicted molar refractivity (Wildman–Crippen MR) is 163 cm³/mol. The molecule has 1 saturated heterocycles. The molecule has 0 bridgehead atoms. The van der Waals surface area contributed by atoms with Gasteiger partial charge in [-0.2, -0.15) is 13.2 Å². The van der Waals surface area contributed by atoms with Gasteiger partial charge in [-0.3, -0.25) is 14.7 Å². The van der Waals surface area contributed by atoms with Crippen LogP contribution in [0.15, 0.2) is 28.9 Å². The van der Waals surface area contributed by atoms with Crippen LogP contribution in [0.4, 0.5) is 18.9 Å². The zero-order valence-corrected chi connectivity index (χ0v) is 26.8. The third-order valence-corrected chi connectivity index (χ3v) is 8.58. The van der Waals surface area contributed by atoms with Crippen LogP contribution in [0.1, 0.15) is 45.1 Å². The van der Waals surface area contributed by atoms with Crippen molar-refractivity contribution < 1.29 is 32.2 Å². The minimum Gasteiger partial charge on any atom is -0.489 e. The lowest BCUT2D eigenvalue weighted by Crippen LogP contribution is -2.49. The molecule has 0 unspecified atom stereocenters. The number of alkyl halides is 3. The molecule has 0 spiro atoms. The van der Waals surface area contributed by atoms with Crippen LogP contribution < -0.4 is 9.64 Å². The summed E-state index contributed by atoms with van der Waals surface area (Å²) in [5.74, 6) is 0.461. The van der Waals surface area contributed by atoms with Gasteiger partial charge in [0.25, 0.3) is 0 Å². The topological polar surface area (TPSA) is 69.1 Å². The number of nitrogens with zero attached hydrogens (tertiary/aromatic N) is 4. The molecule has 2 aromatic heterocycles. The summed E-state index contributed by atoms with van der Waals surface area (Å²) >= 11 is 3.67. The molecule has 0 aliphatic carbocycles. The highest BCUT2D eigenvalue weighted by Crippen LogP contribution is 2.46. The van der Waals surface area contributed by atoms with Crippen molar-refractivity contribution in [3.8, 4) is 17.0 Å². The molecule has 0 amide bonds. The number of methoxy groups -OCH3 is 1. The van der Waals surface area contributed by atoms with Crippen molar-refractivity contribution in [3.63, 3.8) is 0 Å². The molecule has 1 atom stereocenters. The summed E-state index contributed by atoms with van der Waals surface area (Å²) in [4.78, 5) is 20.1. The van der Waals surface area contributed by atoms with E-state index in [4.69, 9.17) is 19.2 Å². The van der Waals surface area contributed by atoms with Gasteiger partial charge in [0.15, 0.2) is 0 Å². The first-order chi connectivity index (χ1) is 20.3. The molecule has 2 aliphatic rings. The molecule has 43 heavy (non-hydrogen) atoms. The number of anilines is 1. The molecule has 12 heteroatoms. The number of piperazine rings is 1. The van der Waals surface area contributed by atoms with E-state index >= 15 is 0 Å². The van der Waals surface area contributed by atoms with Crippen LogP contribution in [0.25, 0.3) is 22.2 Å². The first-order valence-electron chi connectivity index (χ1n) is 14.4. The maximum absolute atomic E-state index is 13.0. The molecule has 0 saturated carbocycles. The van der Waals surface area contributed by atoms with Gasteiger partial charge in [-0.25, -0.2) is 0 Å². The smallest absolute Gasteiger partial charge is 0.401 e. The molecule has 1 aromatic carbocycles. The second-order valence-electron chi connectivity index (χ2n) is 12.1. The van der Waals surface area contributed by atoms with Crippen molar-refractivity contribution >= 4 is 38.5 Å². The molecule has 8 nitrogen and oxygen atoms in total. The number of carbonyl (C=O) groups excluding carboxylic acids is 1. The Labute approximate surface area is 258 Å². The van der Waals surface area contributed by atoms with Gasteiger partial charge >= 0.3 is 12.1 Å². The minimum absolute atomic E-state index is 0.258. The molecular formula is C31H38BrF3N4O4. The molecule has 1 fully saturated rings. The quantitative estimate of drug-likeness (QED) is 0.246. The fourth-order valence-electron chi connectivity index (χ4n) is 6.06. The van der Waals surface area contributed by atoms with Gasteiger partial charge in [-0.1, -0.05) is 29.8 Å². The first-order valence-corrected chi connectivity index (χ1v) is 15.2. The Kier molecular flexibility index (Phi) is 9.02. The van der Waals surface area contributed by atoms with E-state index in [1.54, 1.807) is 13.3 Å². The average Bonchev–Trinajstić information content (AvgIpc) is 3.23. The minimum atomic E-state index is -4.22. The largest absolute Gasteiger partial charge is 0.489 e. The van der Waals surface area contributed by atoms with E-state index in [9.17, 15) is 18.0 Å². The van der Waals surface area contributed by atoms with E-state index < -0.39 is 12.7 Å². The number of esters is 1. The Hall–Kier alpha value is -2.83. The highest BCUT2D eigenvalue weighted by molar-refractivity contribution is 9.10. The van der Waals surface area contributed by atoms with Crippen LogP contribution in [0.5, 0.6) is 5.75 Å². The molecule has 5 rings (SSSR count). The molecule has 234 valence electrons. The highest BCUT2D eigenvalue weighted by Gasteiger charge is 2.34. The fraction of sp³-hybridized carbons (Fsp3) is 0.548. The van der Waals surface area contributed by atoms with Crippen LogP contribution in [0.3, 0.4) is 0 Å². The van der Waals surface area contributed by atoms with Gasteiger partial charge < -0.3 is 23.7 Å². The Morgan fingerprint density at radius 3 is 2.51 bits per heavy atom. The predicted octanol–water partition coefficient (Wildman–Crippen LogP) is 6.38. The maximum Gasteiger partial charge on any atom is 0.401 e. The van der Waals surface area contributed by atoms with Gasteiger partial charge in [-0.05, 0) is 37.1 Å². The van der Waals surface area contributed by atoms with Gasteiger partial charge in [0.1, 0.15) is 12.4 Å². The highest BCUT2D eigenvalue weighted by atomic mass is 79.9. The van der Waals surface area contributed by atoms with Crippen LogP contribution in [-0.4, -0.2) is 79.6 Å². The number of hydrogen-bond donors (Lipinski definition) is 0. The molecule has 0 N–H and O–H groups in total. The van der Waals surface area contributed by atoms with E-state index in [1.807, 2.05) is 13.0 Å². The Bertz CT molecular complexity index is 1500. The van der Waals surface area contributed by atoms with Crippen molar-refractivity contribution in [2.75, 3.05) is 57.9 Å². The van der Waals surface area contributed by atoms with Gasteiger partial charge in [0.05, 0.1) is 54.6 Å². The van der Waals surface area contributed by atoms with Crippen molar-refractivity contribution in [2.45, 2.75) is 52.9 Å². The third kappa shape index (κ3) is 6.96. The van der Waals surface area contributed by atoms with Crippen molar-refractivity contribution in [3.05, 3.63) is 40.1 Å². The lowest BCUT2D eigenvalue weighted by Gasteiger charge is -2.36. The van der Waals surface area contributed by atoms with E-state index in [1.165, 1.54) is 11.8 Å². The summed E-state index contributed by atoms with van der Waals surface area (Å²) in [7, 11) is 1.65.